The molecule has 1 heterocycles. The van der Waals surface area contributed by atoms with Gasteiger partial charge < -0.3 is 15.2 Å². The van der Waals surface area contributed by atoms with Crippen LogP contribution in [0.4, 0.5) is 11.4 Å². The fraction of sp³-hybridized carbons (Fsp3) is 0.667. The number of fused-ring (bicyclic) bond motifs is 1. The summed E-state index contributed by atoms with van der Waals surface area (Å²) in [6.07, 6.45) is 6.33. The summed E-state index contributed by atoms with van der Waals surface area (Å²) in [5, 5.41) is 14.2. The van der Waals surface area contributed by atoms with Gasteiger partial charge in [-0.2, -0.15) is 0 Å². The second kappa shape index (κ2) is 5.53. The molecule has 3 nitrogen and oxygen atoms in total. The molecule has 0 spiro atoms. The van der Waals surface area contributed by atoms with Gasteiger partial charge in [0.15, 0.2) is 0 Å². The molecule has 3 heteroatoms. The minimum Gasteiger partial charge on any atom is -0.758 e. The number of rotatable bonds is 1. The van der Waals surface area contributed by atoms with E-state index in [-0.39, 0.29) is 11.6 Å². The highest BCUT2D eigenvalue weighted by atomic mass is 16.5. The smallest absolute Gasteiger partial charge is 0.0601 e. The number of hydroxylamine groups is 1. The van der Waals surface area contributed by atoms with Crippen molar-refractivity contribution in [2.24, 2.45) is 5.92 Å². The lowest BCUT2D eigenvalue weighted by molar-refractivity contribution is 0.289. The van der Waals surface area contributed by atoms with Gasteiger partial charge in [-0.1, -0.05) is 31.4 Å². The molecule has 1 saturated carbocycles. The monoisotopic (exact) mass is 287 g/mol. The van der Waals surface area contributed by atoms with Crippen molar-refractivity contribution in [3.63, 3.8) is 0 Å². The van der Waals surface area contributed by atoms with Crippen LogP contribution in [-0.4, -0.2) is 18.1 Å². The zero-order valence-electron chi connectivity index (χ0n) is 13.5. The highest BCUT2D eigenvalue weighted by Gasteiger charge is 2.35. The van der Waals surface area contributed by atoms with Crippen LogP contribution in [0.5, 0.6) is 0 Å². The fourth-order valence-electron chi connectivity index (χ4n) is 3.91. The topological polar surface area (TPSA) is 29.5 Å². The molecule has 2 aliphatic rings. The summed E-state index contributed by atoms with van der Waals surface area (Å²) in [5.41, 5.74) is 1.99. The standard InChI is InChI=1S/C18H27N2O/c1-18(2,3)19-13-17(14-9-5-4-6-10-14)20(21)16-12-8-7-11-15(16)19/h7-8,11-12,14,17H,4-6,9-10,13H2,1-3H3/q-1. The zero-order chi connectivity index (χ0) is 15.0. The van der Waals surface area contributed by atoms with Crippen LogP contribution in [0, 0.1) is 11.1 Å². The lowest BCUT2D eigenvalue weighted by atomic mass is 9.82. The van der Waals surface area contributed by atoms with E-state index >= 15 is 0 Å². The Morgan fingerprint density at radius 1 is 1.00 bits per heavy atom. The van der Waals surface area contributed by atoms with Gasteiger partial charge in [0.1, 0.15) is 0 Å². The number of hydrogen-bond acceptors (Lipinski definition) is 3. The SMILES string of the molecule is CC(C)(C)N1CC(C2CCCCC2)N([O-])c2ccccc21. The average molecular weight is 287 g/mol. The van der Waals surface area contributed by atoms with Crippen molar-refractivity contribution in [3.05, 3.63) is 29.5 Å². The largest absolute Gasteiger partial charge is 0.758 e. The van der Waals surface area contributed by atoms with E-state index < -0.39 is 0 Å². The number of benzene rings is 1. The van der Waals surface area contributed by atoms with Crippen molar-refractivity contribution in [1.82, 2.24) is 0 Å². The van der Waals surface area contributed by atoms with Crippen LogP contribution in [0.2, 0.25) is 0 Å². The third-order valence-corrected chi connectivity index (χ3v) is 5.08. The summed E-state index contributed by atoms with van der Waals surface area (Å²) in [7, 11) is 0. The van der Waals surface area contributed by atoms with E-state index in [0.717, 1.165) is 17.9 Å². The van der Waals surface area contributed by atoms with Gasteiger partial charge in [-0.15, -0.1) is 0 Å². The molecule has 116 valence electrons. The van der Waals surface area contributed by atoms with Crippen LogP contribution < -0.4 is 9.96 Å². The molecule has 1 aliphatic carbocycles. The molecule has 0 amide bonds. The second-order valence-electron chi connectivity index (χ2n) is 7.56. The summed E-state index contributed by atoms with van der Waals surface area (Å²) >= 11 is 0. The molecular formula is C18H27N2O-. The van der Waals surface area contributed by atoms with Crippen molar-refractivity contribution >= 4 is 11.4 Å². The van der Waals surface area contributed by atoms with Crippen LogP contribution in [0.1, 0.15) is 52.9 Å². The number of hydrogen-bond donors (Lipinski definition) is 0. The molecule has 21 heavy (non-hydrogen) atoms. The van der Waals surface area contributed by atoms with E-state index in [4.69, 9.17) is 0 Å². The number of anilines is 2. The fourth-order valence-corrected chi connectivity index (χ4v) is 3.91. The van der Waals surface area contributed by atoms with Crippen molar-refractivity contribution in [2.45, 2.75) is 64.5 Å². The minimum absolute atomic E-state index is 0.0459. The molecule has 1 aromatic carbocycles. The summed E-state index contributed by atoms with van der Waals surface area (Å²) in [4.78, 5) is 2.43. The van der Waals surface area contributed by atoms with E-state index in [1.54, 1.807) is 0 Å². The van der Waals surface area contributed by atoms with E-state index in [1.807, 2.05) is 18.2 Å². The predicted molar refractivity (Wildman–Crippen MR) is 89.8 cm³/mol. The van der Waals surface area contributed by atoms with Crippen LogP contribution >= 0.6 is 0 Å². The van der Waals surface area contributed by atoms with Gasteiger partial charge in [0.05, 0.1) is 5.69 Å². The van der Waals surface area contributed by atoms with Crippen molar-refractivity contribution in [2.75, 3.05) is 16.5 Å². The lowest BCUT2D eigenvalue weighted by Crippen LogP contribution is -2.56. The Kier molecular flexibility index (Phi) is 3.87. The first kappa shape index (κ1) is 14.7. The summed E-state index contributed by atoms with van der Waals surface area (Å²) < 4.78 is 0. The molecule has 0 N–H and O–H groups in total. The Morgan fingerprint density at radius 2 is 1.62 bits per heavy atom. The van der Waals surface area contributed by atoms with Crippen LogP contribution in [0.15, 0.2) is 24.3 Å². The van der Waals surface area contributed by atoms with E-state index in [9.17, 15) is 5.21 Å². The third-order valence-electron chi connectivity index (χ3n) is 5.08. The van der Waals surface area contributed by atoms with E-state index in [1.165, 1.54) is 37.2 Å². The van der Waals surface area contributed by atoms with Gasteiger partial charge in [-0.05, 0) is 51.7 Å². The maximum absolute atomic E-state index is 12.9. The Balaban J connectivity index is 1.95. The Bertz CT molecular complexity index is 488. The predicted octanol–water partition coefficient (Wildman–Crippen LogP) is 4.56. The normalized spacial score (nSPS) is 24.1. The Labute approximate surface area is 128 Å². The van der Waals surface area contributed by atoms with Gasteiger partial charge >= 0.3 is 0 Å². The maximum Gasteiger partial charge on any atom is 0.0601 e. The summed E-state index contributed by atoms with van der Waals surface area (Å²) in [5.74, 6) is 0.550. The Hall–Kier alpha value is -1.22. The molecule has 0 radical (unpaired) electrons. The van der Waals surface area contributed by atoms with Crippen LogP contribution in [-0.2, 0) is 0 Å². The average Bonchev–Trinajstić information content (AvgIpc) is 2.47. The molecule has 0 bridgehead atoms. The van der Waals surface area contributed by atoms with Gasteiger partial charge in [-0.25, -0.2) is 0 Å². The van der Waals surface area contributed by atoms with E-state index in [0.29, 0.717) is 5.92 Å². The molecule has 1 unspecified atom stereocenters. The van der Waals surface area contributed by atoms with Gasteiger partial charge in [0.2, 0.25) is 0 Å². The molecule has 0 saturated heterocycles. The molecule has 1 aliphatic heterocycles. The lowest BCUT2D eigenvalue weighted by Gasteiger charge is -2.55. The second-order valence-corrected chi connectivity index (χ2v) is 7.56. The third kappa shape index (κ3) is 2.76. The number of nitrogens with zero attached hydrogens (tertiary/aromatic N) is 2. The van der Waals surface area contributed by atoms with Crippen molar-refractivity contribution in [1.29, 1.82) is 0 Å². The van der Waals surface area contributed by atoms with Gasteiger partial charge in [0.25, 0.3) is 0 Å². The molecular weight excluding hydrogens is 260 g/mol. The first-order valence-electron chi connectivity index (χ1n) is 8.31. The molecule has 0 aromatic heterocycles. The maximum atomic E-state index is 12.9. The van der Waals surface area contributed by atoms with Gasteiger partial charge in [0, 0.05) is 23.8 Å². The van der Waals surface area contributed by atoms with Crippen LogP contribution in [0.25, 0.3) is 0 Å². The van der Waals surface area contributed by atoms with E-state index in [2.05, 4.69) is 31.7 Å². The molecule has 1 atom stereocenters. The summed E-state index contributed by atoms with van der Waals surface area (Å²) in [6, 6.07) is 8.19. The first-order valence-corrected chi connectivity index (χ1v) is 8.31. The highest BCUT2D eigenvalue weighted by molar-refractivity contribution is 5.75. The van der Waals surface area contributed by atoms with Crippen LogP contribution in [0.3, 0.4) is 0 Å². The molecule has 3 rings (SSSR count). The zero-order valence-corrected chi connectivity index (χ0v) is 13.5. The van der Waals surface area contributed by atoms with Crippen molar-refractivity contribution < 1.29 is 0 Å². The minimum atomic E-state index is 0.0459. The quantitative estimate of drug-likeness (QED) is 0.758. The highest BCUT2D eigenvalue weighted by Crippen LogP contribution is 2.42. The molecule has 1 aromatic rings. The summed E-state index contributed by atoms with van der Waals surface area (Å²) in [6.45, 7) is 7.57. The van der Waals surface area contributed by atoms with Crippen molar-refractivity contribution in [3.8, 4) is 0 Å². The molecule has 1 fully saturated rings. The number of para-hydroxylation sites is 2. The Morgan fingerprint density at radius 3 is 2.24 bits per heavy atom. The first-order chi connectivity index (χ1) is 9.98. The van der Waals surface area contributed by atoms with Gasteiger partial charge in [-0.3, -0.25) is 0 Å².